The van der Waals surface area contributed by atoms with Crippen LogP contribution in [0.2, 0.25) is 0 Å². The van der Waals surface area contributed by atoms with Gasteiger partial charge in [-0.05, 0) is 44.4 Å². The molecule has 3 rings (SSSR count). The van der Waals surface area contributed by atoms with Gasteiger partial charge >= 0.3 is 0 Å². The number of nitrogens with zero attached hydrogens (tertiary/aromatic N) is 1. The minimum atomic E-state index is 0.0279. The number of aryl methyl sites for hydroxylation is 1. The summed E-state index contributed by atoms with van der Waals surface area (Å²) in [5, 5.41) is 0. The molecular weight excluding hydrogens is 338 g/mol. The zero-order chi connectivity index (χ0) is 19.2. The zero-order valence-electron chi connectivity index (χ0n) is 16.1. The van der Waals surface area contributed by atoms with Gasteiger partial charge in [-0.1, -0.05) is 42.0 Å². The summed E-state index contributed by atoms with van der Waals surface area (Å²) in [4.78, 5) is 27.0. The summed E-state index contributed by atoms with van der Waals surface area (Å²) in [6.45, 7) is 5.35. The van der Waals surface area contributed by atoms with Crippen LogP contribution in [0.1, 0.15) is 60.1 Å². The van der Waals surface area contributed by atoms with Gasteiger partial charge in [0.15, 0.2) is 5.78 Å². The predicted octanol–water partition coefficient (Wildman–Crippen LogP) is 4.72. The first kappa shape index (κ1) is 19.2. The summed E-state index contributed by atoms with van der Waals surface area (Å²) < 4.78 is 5.49. The van der Waals surface area contributed by atoms with Crippen LogP contribution >= 0.6 is 0 Å². The molecule has 27 heavy (non-hydrogen) atoms. The van der Waals surface area contributed by atoms with Crippen molar-refractivity contribution in [2.75, 3.05) is 13.2 Å². The second kappa shape index (κ2) is 8.85. The Kier molecular flexibility index (Phi) is 6.28. The van der Waals surface area contributed by atoms with Crippen LogP contribution in [0.4, 0.5) is 0 Å². The highest BCUT2D eigenvalue weighted by Gasteiger charge is 2.29. The van der Waals surface area contributed by atoms with Gasteiger partial charge in [0.1, 0.15) is 5.75 Å². The Labute approximate surface area is 161 Å². The summed E-state index contributed by atoms with van der Waals surface area (Å²) in [6.07, 6.45) is 2.48. The van der Waals surface area contributed by atoms with Crippen molar-refractivity contribution in [2.24, 2.45) is 0 Å². The number of likely N-dealkylation sites (tertiary alicyclic amines) is 1. The van der Waals surface area contributed by atoms with Gasteiger partial charge in [0.25, 0.3) is 0 Å². The van der Waals surface area contributed by atoms with Crippen LogP contribution in [0.25, 0.3) is 0 Å². The van der Waals surface area contributed by atoms with E-state index >= 15 is 0 Å². The van der Waals surface area contributed by atoms with Crippen molar-refractivity contribution in [3.05, 3.63) is 65.2 Å². The summed E-state index contributed by atoms with van der Waals surface area (Å²) in [5.74, 6) is 0.938. The molecular formula is C23H27NO3. The minimum Gasteiger partial charge on any atom is -0.494 e. The Morgan fingerprint density at radius 3 is 2.41 bits per heavy atom. The lowest BCUT2D eigenvalue weighted by molar-refractivity contribution is -0.132. The van der Waals surface area contributed by atoms with E-state index < -0.39 is 0 Å². The quantitative estimate of drug-likeness (QED) is 0.667. The highest BCUT2D eigenvalue weighted by atomic mass is 16.5. The van der Waals surface area contributed by atoms with E-state index in [4.69, 9.17) is 4.74 Å². The molecule has 0 saturated carbocycles. The number of hydrogen-bond acceptors (Lipinski definition) is 3. The van der Waals surface area contributed by atoms with Crippen LogP contribution in [-0.2, 0) is 4.79 Å². The number of hydrogen-bond donors (Lipinski definition) is 0. The highest BCUT2D eigenvalue weighted by Crippen LogP contribution is 2.33. The molecule has 4 nitrogen and oxygen atoms in total. The number of carbonyl (C=O) groups is 2. The topological polar surface area (TPSA) is 46.6 Å². The first-order valence-corrected chi connectivity index (χ1v) is 9.70. The number of ketones is 1. The molecule has 4 heteroatoms. The molecule has 1 unspecified atom stereocenters. The number of Topliss-reactive ketones (excluding diaryl/α,β-unsaturated/α-hetero) is 1. The second-order valence-corrected chi connectivity index (χ2v) is 7.04. The maximum absolute atomic E-state index is 12.7. The number of rotatable bonds is 7. The van der Waals surface area contributed by atoms with Crippen molar-refractivity contribution >= 4 is 11.7 Å². The molecule has 1 aliphatic rings. The third kappa shape index (κ3) is 4.76. The molecule has 0 aliphatic carbocycles. The Balaban J connectivity index is 1.59. The highest BCUT2D eigenvalue weighted by molar-refractivity contribution is 5.98. The monoisotopic (exact) mass is 365 g/mol. The average Bonchev–Trinajstić information content (AvgIpc) is 3.17. The van der Waals surface area contributed by atoms with Crippen molar-refractivity contribution in [3.63, 3.8) is 0 Å². The largest absolute Gasteiger partial charge is 0.494 e. The van der Waals surface area contributed by atoms with E-state index in [0.717, 1.165) is 36.3 Å². The molecule has 0 spiro atoms. The summed E-state index contributed by atoms with van der Waals surface area (Å²) in [6, 6.07) is 15.6. The molecule has 1 atom stereocenters. The zero-order valence-corrected chi connectivity index (χ0v) is 16.1. The Morgan fingerprint density at radius 2 is 1.74 bits per heavy atom. The molecule has 2 aromatic carbocycles. The van der Waals surface area contributed by atoms with Crippen LogP contribution in [0.3, 0.4) is 0 Å². The molecule has 1 fully saturated rings. The molecule has 2 aromatic rings. The summed E-state index contributed by atoms with van der Waals surface area (Å²) in [5.41, 5.74) is 2.94. The van der Waals surface area contributed by atoms with Gasteiger partial charge in [0.2, 0.25) is 5.91 Å². The van der Waals surface area contributed by atoms with E-state index in [-0.39, 0.29) is 30.6 Å². The van der Waals surface area contributed by atoms with Crippen LogP contribution in [0.15, 0.2) is 48.5 Å². The molecule has 1 amide bonds. The lowest BCUT2D eigenvalue weighted by Crippen LogP contribution is -2.30. The summed E-state index contributed by atoms with van der Waals surface area (Å²) >= 11 is 0. The predicted molar refractivity (Wildman–Crippen MR) is 106 cm³/mol. The Morgan fingerprint density at radius 1 is 1.04 bits per heavy atom. The van der Waals surface area contributed by atoms with Crippen LogP contribution in [0, 0.1) is 6.92 Å². The number of carbonyl (C=O) groups excluding carboxylic acids is 2. The number of amides is 1. The third-order valence-corrected chi connectivity index (χ3v) is 5.09. The fourth-order valence-electron chi connectivity index (χ4n) is 3.61. The van der Waals surface area contributed by atoms with Crippen molar-refractivity contribution in [1.29, 1.82) is 0 Å². The Bertz CT molecular complexity index is 780. The van der Waals surface area contributed by atoms with E-state index in [2.05, 4.69) is 0 Å². The smallest absolute Gasteiger partial charge is 0.223 e. The van der Waals surface area contributed by atoms with E-state index in [1.54, 1.807) is 0 Å². The van der Waals surface area contributed by atoms with Gasteiger partial charge in [-0.15, -0.1) is 0 Å². The number of ether oxygens (including phenoxy) is 1. The maximum atomic E-state index is 12.7. The molecule has 1 saturated heterocycles. The van der Waals surface area contributed by atoms with E-state index in [9.17, 15) is 9.59 Å². The standard InChI is InChI=1S/C23H27NO3/c1-3-27-20-12-10-18(11-13-20)21-5-4-16-24(21)23(26)15-14-22(25)19-8-6-17(2)7-9-19/h6-13,21H,3-5,14-16H2,1-2H3. The molecule has 142 valence electrons. The lowest BCUT2D eigenvalue weighted by atomic mass is 10.0. The van der Waals surface area contributed by atoms with E-state index in [1.807, 2.05) is 67.3 Å². The lowest BCUT2D eigenvalue weighted by Gasteiger charge is -2.25. The van der Waals surface area contributed by atoms with Crippen molar-refractivity contribution in [3.8, 4) is 5.75 Å². The fraction of sp³-hybridized carbons (Fsp3) is 0.391. The van der Waals surface area contributed by atoms with E-state index in [0.29, 0.717) is 12.2 Å². The second-order valence-electron chi connectivity index (χ2n) is 7.04. The van der Waals surface area contributed by atoms with Crippen LogP contribution in [0.5, 0.6) is 5.75 Å². The minimum absolute atomic E-state index is 0.0279. The average molecular weight is 365 g/mol. The maximum Gasteiger partial charge on any atom is 0.223 e. The Hall–Kier alpha value is -2.62. The molecule has 0 N–H and O–H groups in total. The molecule has 0 aromatic heterocycles. The third-order valence-electron chi connectivity index (χ3n) is 5.09. The first-order valence-electron chi connectivity index (χ1n) is 9.70. The summed E-state index contributed by atoms with van der Waals surface area (Å²) in [7, 11) is 0. The van der Waals surface area contributed by atoms with E-state index in [1.165, 1.54) is 0 Å². The van der Waals surface area contributed by atoms with Gasteiger partial charge in [-0.2, -0.15) is 0 Å². The molecule has 0 radical (unpaired) electrons. The van der Waals surface area contributed by atoms with Crippen LogP contribution in [-0.4, -0.2) is 29.7 Å². The van der Waals surface area contributed by atoms with Gasteiger partial charge < -0.3 is 9.64 Å². The van der Waals surface area contributed by atoms with Gasteiger partial charge in [0.05, 0.1) is 12.6 Å². The molecule has 1 heterocycles. The molecule has 1 aliphatic heterocycles. The SMILES string of the molecule is CCOc1ccc(C2CCCN2C(=O)CCC(=O)c2ccc(C)cc2)cc1. The first-order chi connectivity index (χ1) is 13.1. The number of benzene rings is 2. The van der Waals surface area contributed by atoms with Gasteiger partial charge in [-0.3, -0.25) is 9.59 Å². The van der Waals surface area contributed by atoms with Crippen LogP contribution < -0.4 is 4.74 Å². The van der Waals surface area contributed by atoms with Crippen molar-refractivity contribution < 1.29 is 14.3 Å². The molecule has 0 bridgehead atoms. The van der Waals surface area contributed by atoms with Gasteiger partial charge in [0, 0.05) is 24.9 Å². The normalized spacial score (nSPS) is 16.4. The van der Waals surface area contributed by atoms with Gasteiger partial charge in [-0.25, -0.2) is 0 Å². The van der Waals surface area contributed by atoms with Crippen molar-refractivity contribution in [2.45, 2.75) is 45.6 Å². The van der Waals surface area contributed by atoms with Crippen molar-refractivity contribution in [1.82, 2.24) is 4.90 Å². The fourth-order valence-corrected chi connectivity index (χ4v) is 3.61.